The summed E-state index contributed by atoms with van der Waals surface area (Å²) in [6, 6.07) is 17.9. The van der Waals surface area contributed by atoms with Crippen molar-refractivity contribution in [3.8, 4) is 5.75 Å². The van der Waals surface area contributed by atoms with E-state index in [0.29, 0.717) is 11.4 Å². The van der Waals surface area contributed by atoms with Crippen LogP contribution in [-0.4, -0.2) is 101 Å². The Morgan fingerprint density at radius 2 is 1.64 bits per heavy atom. The van der Waals surface area contributed by atoms with Gasteiger partial charge in [-0.1, -0.05) is 12.6 Å². The number of hydrogen-bond acceptors (Lipinski definition) is 9. The predicted molar refractivity (Wildman–Crippen MR) is 192 cm³/mol. The second kappa shape index (κ2) is 14.8. The van der Waals surface area contributed by atoms with Gasteiger partial charge >= 0.3 is 12.0 Å². The molecule has 0 bridgehead atoms. The van der Waals surface area contributed by atoms with Crippen LogP contribution >= 0.6 is 0 Å². The van der Waals surface area contributed by atoms with Gasteiger partial charge in [0, 0.05) is 60.9 Å². The Morgan fingerprint density at radius 3 is 2.23 bits per heavy atom. The van der Waals surface area contributed by atoms with Gasteiger partial charge in [-0.3, -0.25) is 4.90 Å². The molecular weight excluding hydrogens is 688 g/mol. The third kappa shape index (κ3) is 7.39. The van der Waals surface area contributed by atoms with Gasteiger partial charge in [0.05, 0.1) is 31.3 Å². The van der Waals surface area contributed by atoms with Crippen molar-refractivity contribution in [2.75, 3.05) is 60.6 Å². The highest BCUT2D eigenvalue weighted by atomic mass is 19.1. The van der Waals surface area contributed by atoms with Crippen LogP contribution in [0, 0.1) is 11.6 Å². The average molecular weight is 730 g/mol. The van der Waals surface area contributed by atoms with Crippen LogP contribution in [0.3, 0.4) is 0 Å². The summed E-state index contributed by atoms with van der Waals surface area (Å²) in [5.74, 6) is -1.91. The number of anilines is 3. The van der Waals surface area contributed by atoms with E-state index in [0.717, 1.165) is 43.6 Å². The molecule has 3 aliphatic heterocycles. The van der Waals surface area contributed by atoms with E-state index in [1.54, 1.807) is 9.80 Å². The molecule has 7 rings (SSSR count). The molecule has 1 N–H and O–H groups in total. The number of ether oxygens (including phenoxy) is 3. The monoisotopic (exact) mass is 729 g/mol. The van der Waals surface area contributed by atoms with Crippen LogP contribution in [0.5, 0.6) is 5.75 Å². The molecule has 3 atom stereocenters. The maximum atomic E-state index is 14.9. The van der Waals surface area contributed by atoms with Gasteiger partial charge in [0.25, 0.3) is 0 Å². The number of urea groups is 1. The first-order valence-electron chi connectivity index (χ1n) is 17.4. The van der Waals surface area contributed by atoms with Crippen LogP contribution in [0.1, 0.15) is 19.4 Å². The number of carboxylic acids is 1. The van der Waals surface area contributed by atoms with Gasteiger partial charge in [-0.05, 0) is 68.4 Å². The van der Waals surface area contributed by atoms with Gasteiger partial charge in [0.2, 0.25) is 0 Å². The first kappa shape index (κ1) is 35.8. The second-order valence-corrected chi connectivity index (χ2v) is 13.6. The molecule has 3 aromatic carbocycles. The molecule has 13 nitrogen and oxygen atoms in total. The molecule has 3 saturated heterocycles. The molecule has 3 fully saturated rings. The zero-order chi connectivity index (χ0) is 37.3. The lowest BCUT2D eigenvalue weighted by Crippen LogP contribution is -2.46. The zero-order valence-electron chi connectivity index (χ0n) is 29.5. The summed E-state index contributed by atoms with van der Waals surface area (Å²) >= 11 is 0. The number of carbonyl (C=O) groups is 2. The SMILES string of the molecule is C=C(C(=O)O)C1CN(c2ccc(N3CCN(c4ccc(OC[C@H]5OC[C@](Cn6cncn6)(c6ccc(F)cc6F)O5)cc4)CC3)cc2)C(=O)N1C(C)C. The summed E-state index contributed by atoms with van der Waals surface area (Å²) in [6.45, 7) is 11.1. The van der Waals surface area contributed by atoms with E-state index in [1.165, 1.54) is 29.5 Å². The molecule has 1 unspecified atom stereocenters. The second-order valence-electron chi connectivity index (χ2n) is 13.6. The minimum Gasteiger partial charge on any atom is -0.488 e. The summed E-state index contributed by atoms with van der Waals surface area (Å²) in [5.41, 5.74) is 1.72. The van der Waals surface area contributed by atoms with Crippen molar-refractivity contribution in [1.29, 1.82) is 0 Å². The van der Waals surface area contributed by atoms with Crippen LogP contribution < -0.4 is 19.4 Å². The van der Waals surface area contributed by atoms with Crippen molar-refractivity contribution in [2.45, 2.75) is 44.4 Å². The van der Waals surface area contributed by atoms with Crippen LogP contribution in [0.2, 0.25) is 0 Å². The van der Waals surface area contributed by atoms with Crippen molar-refractivity contribution in [3.05, 3.63) is 109 Å². The number of aliphatic carboxylic acids is 1. The maximum absolute atomic E-state index is 14.9. The number of rotatable bonds is 12. The number of carbonyl (C=O) groups excluding carboxylic acids is 1. The number of aromatic nitrogens is 3. The van der Waals surface area contributed by atoms with E-state index in [1.807, 2.05) is 62.4 Å². The van der Waals surface area contributed by atoms with Crippen LogP contribution in [0.15, 0.2) is 91.5 Å². The Balaban J connectivity index is 0.918. The number of carboxylic acid groups (broad SMARTS) is 1. The Kier molecular flexibility index (Phi) is 10.0. The van der Waals surface area contributed by atoms with Gasteiger partial charge in [0.1, 0.15) is 42.2 Å². The van der Waals surface area contributed by atoms with Crippen LogP contribution in [-0.2, 0) is 26.4 Å². The van der Waals surface area contributed by atoms with E-state index in [2.05, 4.69) is 26.5 Å². The lowest BCUT2D eigenvalue weighted by molar-refractivity contribution is -0.133. The molecule has 1 aromatic heterocycles. The first-order chi connectivity index (χ1) is 25.5. The summed E-state index contributed by atoms with van der Waals surface area (Å²) in [4.78, 5) is 36.6. The number of halogens is 2. The van der Waals surface area contributed by atoms with E-state index >= 15 is 0 Å². The molecule has 15 heteroatoms. The first-order valence-corrected chi connectivity index (χ1v) is 17.4. The number of amides is 2. The largest absolute Gasteiger partial charge is 0.488 e. The van der Waals surface area contributed by atoms with Crippen molar-refractivity contribution < 1.29 is 37.7 Å². The minimum atomic E-state index is -1.25. The van der Waals surface area contributed by atoms with E-state index in [4.69, 9.17) is 14.2 Å². The van der Waals surface area contributed by atoms with Crippen LogP contribution in [0.4, 0.5) is 30.6 Å². The summed E-state index contributed by atoms with van der Waals surface area (Å²) in [6.07, 6.45) is 2.06. The molecule has 0 saturated carbocycles. The molecule has 53 heavy (non-hydrogen) atoms. The fraction of sp³-hybridized carbons (Fsp3) is 0.368. The van der Waals surface area contributed by atoms with Crippen molar-refractivity contribution in [2.24, 2.45) is 0 Å². The topological polar surface area (TPSA) is 126 Å². The average Bonchev–Trinajstić information content (AvgIpc) is 3.90. The van der Waals surface area contributed by atoms with Crippen molar-refractivity contribution in [1.82, 2.24) is 19.7 Å². The van der Waals surface area contributed by atoms with Gasteiger partial charge < -0.3 is 34.0 Å². The number of nitrogens with zero attached hydrogens (tertiary/aromatic N) is 7. The molecule has 0 aliphatic carbocycles. The molecule has 0 radical (unpaired) electrons. The summed E-state index contributed by atoms with van der Waals surface area (Å²) < 4.78 is 48.3. The summed E-state index contributed by atoms with van der Waals surface area (Å²) in [5, 5.41) is 13.6. The minimum absolute atomic E-state index is 0.00450. The van der Waals surface area contributed by atoms with Crippen LogP contribution in [0.25, 0.3) is 0 Å². The molecule has 0 spiro atoms. The van der Waals surface area contributed by atoms with Crippen molar-refractivity contribution in [3.63, 3.8) is 0 Å². The van der Waals surface area contributed by atoms with Gasteiger partial charge in [-0.2, -0.15) is 5.10 Å². The van der Waals surface area contributed by atoms with E-state index in [9.17, 15) is 23.5 Å². The molecule has 4 heterocycles. The van der Waals surface area contributed by atoms with E-state index in [-0.39, 0.29) is 49.5 Å². The number of hydrogen-bond donors (Lipinski definition) is 1. The maximum Gasteiger partial charge on any atom is 0.333 e. The summed E-state index contributed by atoms with van der Waals surface area (Å²) in [7, 11) is 0. The lowest BCUT2D eigenvalue weighted by atomic mass is 9.94. The Morgan fingerprint density at radius 1 is 1.00 bits per heavy atom. The lowest BCUT2D eigenvalue weighted by Gasteiger charge is -2.37. The highest BCUT2D eigenvalue weighted by Crippen LogP contribution is 2.37. The fourth-order valence-electron chi connectivity index (χ4n) is 7.19. The predicted octanol–water partition coefficient (Wildman–Crippen LogP) is 4.89. The zero-order valence-corrected chi connectivity index (χ0v) is 29.5. The standard InChI is InChI=1S/C38H41F2N7O6/c1-25(2)47-34(26(3)36(48)49)19-46(37(47)50)30-7-5-28(6-8-30)43-14-16-44(17-15-43)29-9-11-31(12-10-29)51-20-35-52-22-38(53-35,21-45-24-41-23-42-45)32-13-4-27(39)18-33(32)40/h4-13,18,23-25,34-35H,3,14-17,19-22H2,1-2H3,(H,48,49)/t34?,35-,38+/m0/s1. The Hall–Kier alpha value is -5.54. The smallest absolute Gasteiger partial charge is 0.333 e. The quantitative estimate of drug-likeness (QED) is 0.202. The molecule has 278 valence electrons. The highest BCUT2D eigenvalue weighted by Gasteiger charge is 2.46. The third-order valence-electron chi connectivity index (χ3n) is 9.94. The van der Waals surface area contributed by atoms with Gasteiger partial charge in [-0.25, -0.2) is 28.0 Å². The van der Waals surface area contributed by atoms with Gasteiger partial charge in [0.15, 0.2) is 6.29 Å². The number of piperazine rings is 1. The molecule has 2 amide bonds. The molecule has 4 aromatic rings. The number of benzene rings is 3. The Labute approximate surface area is 305 Å². The van der Waals surface area contributed by atoms with Gasteiger partial charge in [-0.15, -0.1) is 0 Å². The molecule has 3 aliphatic rings. The van der Waals surface area contributed by atoms with Crippen molar-refractivity contribution >= 4 is 29.1 Å². The normalized spacial score (nSPS) is 21.9. The Bertz CT molecular complexity index is 1940. The van der Waals surface area contributed by atoms with E-state index < -0.39 is 35.5 Å². The highest BCUT2D eigenvalue weighted by molar-refractivity contribution is 5.98. The fourth-order valence-corrected chi connectivity index (χ4v) is 7.19. The third-order valence-corrected chi connectivity index (χ3v) is 9.94. The molecular formula is C38H41F2N7O6.